The maximum absolute atomic E-state index is 12.6. The largest absolute Gasteiger partial charge is 0.480 e. The number of benzene rings is 1. The summed E-state index contributed by atoms with van der Waals surface area (Å²) < 4.78 is 1.88. The van der Waals surface area contributed by atoms with Crippen LogP contribution in [0.3, 0.4) is 0 Å². The molecule has 1 fully saturated rings. The molecule has 0 aliphatic heterocycles. The first-order valence-corrected chi connectivity index (χ1v) is 7.37. The van der Waals surface area contributed by atoms with Gasteiger partial charge >= 0.3 is 5.97 Å². The zero-order valence-corrected chi connectivity index (χ0v) is 12.6. The third-order valence-electron chi connectivity index (χ3n) is 4.00. The van der Waals surface area contributed by atoms with Crippen LogP contribution in [0.4, 0.5) is 5.69 Å². The van der Waals surface area contributed by atoms with E-state index >= 15 is 0 Å². The van der Waals surface area contributed by atoms with Gasteiger partial charge in [-0.1, -0.05) is 6.07 Å². The fourth-order valence-corrected chi connectivity index (χ4v) is 2.57. The highest BCUT2D eigenvalue weighted by molar-refractivity contribution is 6.01. The van der Waals surface area contributed by atoms with Gasteiger partial charge in [-0.05, 0) is 31.9 Å². The zero-order valence-electron chi connectivity index (χ0n) is 12.6. The Bertz CT molecular complexity index is 867. The number of nitrogens with zero attached hydrogens (tertiary/aromatic N) is 1. The van der Waals surface area contributed by atoms with Crippen LogP contribution in [-0.4, -0.2) is 27.6 Å². The second-order valence-corrected chi connectivity index (χ2v) is 5.79. The van der Waals surface area contributed by atoms with E-state index in [2.05, 4.69) is 5.32 Å². The molecule has 3 rings (SSSR count). The smallest absolute Gasteiger partial charge is 0.325 e. The van der Waals surface area contributed by atoms with Crippen LogP contribution in [0.2, 0.25) is 0 Å². The predicted molar refractivity (Wildman–Crippen MR) is 85.5 cm³/mol. The Kier molecular flexibility index (Phi) is 3.55. The number of nitrogen functional groups attached to an aromatic ring is 1. The molecule has 1 aromatic heterocycles. The predicted octanol–water partition coefficient (Wildman–Crippen LogP) is 1.12. The fraction of sp³-hybridized carbons (Fsp3) is 0.312. The Labute approximate surface area is 131 Å². The van der Waals surface area contributed by atoms with Crippen molar-refractivity contribution in [3.05, 3.63) is 40.2 Å². The second-order valence-electron chi connectivity index (χ2n) is 5.79. The fourth-order valence-electron chi connectivity index (χ4n) is 2.57. The van der Waals surface area contributed by atoms with Crippen molar-refractivity contribution in [2.24, 2.45) is 0 Å². The highest BCUT2D eigenvalue weighted by atomic mass is 16.4. The molecule has 1 aromatic carbocycles. The first-order valence-electron chi connectivity index (χ1n) is 7.37. The van der Waals surface area contributed by atoms with Crippen molar-refractivity contribution in [1.29, 1.82) is 0 Å². The number of carboxylic acid groups (broad SMARTS) is 1. The first-order chi connectivity index (χ1) is 10.9. The van der Waals surface area contributed by atoms with Crippen LogP contribution in [-0.2, 0) is 4.79 Å². The van der Waals surface area contributed by atoms with Gasteiger partial charge in [-0.15, -0.1) is 0 Å². The molecule has 7 nitrogen and oxygen atoms in total. The van der Waals surface area contributed by atoms with E-state index in [0.29, 0.717) is 16.6 Å². The minimum absolute atomic E-state index is 0.0876. The molecule has 1 unspecified atom stereocenters. The molecule has 0 bridgehead atoms. The number of pyridine rings is 1. The number of anilines is 1. The Hall–Kier alpha value is -2.83. The van der Waals surface area contributed by atoms with E-state index in [0.717, 1.165) is 12.8 Å². The summed E-state index contributed by atoms with van der Waals surface area (Å²) in [4.78, 5) is 35.8. The topological polar surface area (TPSA) is 114 Å². The monoisotopic (exact) mass is 315 g/mol. The number of carbonyl (C=O) groups is 2. The molecular formula is C16H17N3O4. The summed E-state index contributed by atoms with van der Waals surface area (Å²) in [5.41, 5.74) is 6.36. The molecule has 0 radical (unpaired) electrons. The number of nitrogens with one attached hydrogen (secondary N) is 1. The van der Waals surface area contributed by atoms with Gasteiger partial charge < -0.3 is 20.7 Å². The Morgan fingerprint density at radius 3 is 2.70 bits per heavy atom. The number of carboxylic acids is 1. The van der Waals surface area contributed by atoms with E-state index in [1.807, 2.05) is 4.57 Å². The molecule has 1 aliphatic carbocycles. The molecule has 0 spiro atoms. The van der Waals surface area contributed by atoms with Gasteiger partial charge in [0.2, 0.25) is 5.43 Å². The van der Waals surface area contributed by atoms with E-state index in [-0.39, 0.29) is 11.6 Å². The number of carbonyl (C=O) groups excluding carboxylic acids is 1. The summed E-state index contributed by atoms with van der Waals surface area (Å²) in [7, 11) is 0. The third kappa shape index (κ3) is 2.65. The number of aliphatic carboxylic acids is 1. The average Bonchev–Trinajstić information content (AvgIpc) is 3.32. The van der Waals surface area contributed by atoms with E-state index in [1.165, 1.54) is 13.1 Å². The lowest BCUT2D eigenvalue weighted by atomic mass is 10.1. The van der Waals surface area contributed by atoms with E-state index in [4.69, 9.17) is 10.8 Å². The normalized spacial score (nSPS) is 15.3. The van der Waals surface area contributed by atoms with Gasteiger partial charge in [0, 0.05) is 17.9 Å². The van der Waals surface area contributed by atoms with Crippen LogP contribution in [0.1, 0.15) is 36.2 Å². The Morgan fingerprint density at radius 2 is 2.09 bits per heavy atom. The zero-order chi connectivity index (χ0) is 16.7. The highest BCUT2D eigenvalue weighted by Crippen LogP contribution is 2.37. The van der Waals surface area contributed by atoms with Crippen molar-refractivity contribution in [3.8, 4) is 0 Å². The number of hydrogen-bond donors (Lipinski definition) is 3. The van der Waals surface area contributed by atoms with Gasteiger partial charge in [0.15, 0.2) is 0 Å². The average molecular weight is 315 g/mol. The van der Waals surface area contributed by atoms with E-state index in [9.17, 15) is 14.4 Å². The minimum Gasteiger partial charge on any atom is -0.480 e. The van der Waals surface area contributed by atoms with Crippen LogP contribution < -0.4 is 16.5 Å². The number of rotatable bonds is 4. The number of aromatic nitrogens is 1. The molecule has 1 atom stereocenters. The van der Waals surface area contributed by atoms with Crippen LogP contribution in [0.25, 0.3) is 10.9 Å². The van der Waals surface area contributed by atoms with E-state index < -0.39 is 23.3 Å². The summed E-state index contributed by atoms with van der Waals surface area (Å²) in [6, 6.07) is 4.33. The summed E-state index contributed by atoms with van der Waals surface area (Å²) >= 11 is 0. The van der Waals surface area contributed by atoms with Crippen LogP contribution in [0, 0.1) is 0 Å². The third-order valence-corrected chi connectivity index (χ3v) is 4.00. The number of amides is 1. The molecular weight excluding hydrogens is 298 g/mol. The Morgan fingerprint density at radius 1 is 1.39 bits per heavy atom. The number of hydrogen-bond acceptors (Lipinski definition) is 4. The SMILES string of the molecule is CC(NC(=O)c1cn(C2CC2)c2cccc(N)c2c1=O)C(=O)O. The first kappa shape index (κ1) is 15.1. The van der Waals surface area contributed by atoms with Crippen molar-refractivity contribution in [2.45, 2.75) is 31.8 Å². The molecule has 0 saturated heterocycles. The summed E-state index contributed by atoms with van der Waals surface area (Å²) in [6.45, 7) is 1.34. The molecule has 1 heterocycles. The van der Waals surface area contributed by atoms with Gasteiger partial charge in [0.05, 0.1) is 10.9 Å². The maximum atomic E-state index is 12.6. The van der Waals surface area contributed by atoms with Crippen LogP contribution in [0.5, 0.6) is 0 Å². The lowest BCUT2D eigenvalue weighted by Crippen LogP contribution is -2.40. The minimum atomic E-state index is -1.17. The molecule has 1 amide bonds. The van der Waals surface area contributed by atoms with Crippen molar-refractivity contribution < 1.29 is 14.7 Å². The lowest BCUT2D eigenvalue weighted by Gasteiger charge is -2.15. The van der Waals surface area contributed by atoms with Crippen molar-refractivity contribution in [2.75, 3.05) is 5.73 Å². The summed E-state index contributed by atoms with van der Waals surface area (Å²) in [5.74, 6) is -1.87. The van der Waals surface area contributed by atoms with Gasteiger partial charge in [0.25, 0.3) is 5.91 Å². The summed E-state index contributed by atoms with van der Waals surface area (Å²) in [5, 5.41) is 11.5. The van der Waals surface area contributed by atoms with E-state index in [1.54, 1.807) is 18.2 Å². The Balaban J connectivity index is 2.16. The van der Waals surface area contributed by atoms with Crippen LogP contribution in [0.15, 0.2) is 29.2 Å². The van der Waals surface area contributed by atoms with Crippen molar-refractivity contribution >= 4 is 28.5 Å². The standard InChI is InChI=1S/C16H17N3O4/c1-8(16(22)23)18-15(21)10-7-19(9-5-6-9)12-4-2-3-11(17)13(12)14(10)20/h2-4,7-9H,5-6,17H2,1H3,(H,18,21)(H,22,23). The highest BCUT2D eigenvalue weighted by Gasteiger charge is 2.27. The van der Waals surface area contributed by atoms with Gasteiger partial charge in [-0.3, -0.25) is 14.4 Å². The second kappa shape index (κ2) is 5.42. The van der Waals surface area contributed by atoms with Crippen molar-refractivity contribution in [1.82, 2.24) is 9.88 Å². The molecule has 23 heavy (non-hydrogen) atoms. The van der Waals surface area contributed by atoms with Gasteiger partial charge in [0.1, 0.15) is 11.6 Å². The van der Waals surface area contributed by atoms with Crippen molar-refractivity contribution in [3.63, 3.8) is 0 Å². The maximum Gasteiger partial charge on any atom is 0.325 e. The number of nitrogens with two attached hydrogens (primary N) is 1. The summed E-state index contributed by atoms with van der Waals surface area (Å²) in [6.07, 6.45) is 3.45. The quantitative estimate of drug-likeness (QED) is 0.731. The van der Waals surface area contributed by atoms with Gasteiger partial charge in [-0.25, -0.2) is 0 Å². The molecule has 2 aromatic rings. The number of fused-ring (bicyclic) bond motifs is 1. The molecule has 1 saturated carbocycles. The molecule has 7 heteroatoms. The lowest BCUT2D eigenvalue weighted by molar-refractivity contribution is -0.138. The molecule has 1 aliphatic rings. The molecule has 4 N–H and O–H groups in total. The van der Waals surface area contributed by atoms with Gasteiger partial charge in [-0.2, -0.15) is 0 Å². The molecule has 120 valence electrons. The van der Waals surface area contributed by atoms with Crippen LogP contribution >= 0.6 is 0 Å².